The maximum Gasteiger partial charge on any atom is 0.407 e. The molecular weight excluding hydrogens is 704 g/mol. The Bertz CT molecular complexity index is 1870. The van der Waals surface area contributed by atoms with Crippen LogP contribution in [0.25, 0.3) is 21.9 Å². The van der Waals surface area contributed by atoms with E-state index in [4.69, 9.17) is 21.1 Å². The van der Waals surface area contributed by atoms with Gasteiger partial charge in [-0.3, -0.25) is 9.69 Å². The van der Waals surface area contributed by atoms with Gasteiger partial charge in [-0.05, 0) is 135 Å². The van der Waals surface area contributed by atoms with Gasteiger partial charge in [0.15, 0.2) is 0 Å². The van der Waals surface area contributed by atoms with Crippen molar-refractivity contribution >= 4 is 46.3 Å². The minimum atomic E-state index is -0.551. The standard InChI is InChI=1S/C43H51ClN4O4S/c1-43(2,3)52-42(50)45-36-20-22-47(23-21-36)41(49)40-29-46(28-30-8-10-31(11-9-30)32-12-16-35(44)17-13-32)24-25-48(40)53-39-19-15-33-26-38(18-14-34(33)27-39)51-37-6-4-5-7-37/h8-19,26-27,36-37,40H,4-7,20-25,28-29H2,1-3H3,(H,45,50). The number of fused-ring (bicyclic) bond motifs is 1. The molecule has 4 aromatic carbocycles. The summed E-state index contributed by atoms with van der Waals surface area (Å²) in [5, 5.41) is 6.06. The molecule has 53 heavy (non-hydrogen) atoms. The fourth-order valence-electron chi connectivity index (χ4n) is 7.58. The molecule has 1 atom stereocenters. The van der Waals surface area contributed by atoms with Gasteiger partial charge in [-0.1, -0.05) is 60.1 Å². The van der Waals surface area contributed by atoms with Crippen LogP contribution in [0.3, 0.4) is 0 Å². The summed E-state index contributed by atoms with van der Waals surface area (Å²) in [5.74, 6) is 1.08. The lowest BCUT2D eigenvalue weighted by Crippen LogP contribution is -2.58. The van der Waals surface area contributed by atoms with Crippen molar-refractivity contribution in [3.05, 3.63) is 95.5 Å². The summed E-state index contributed by atoms with van der Waals surface area (Å²) in [5.41, 5.74) is 2.95. The summed E-state index contributed by atoms with van der Waals surface area (Å²) in [6.45, 7) is 9.80. The van der Waals surface area contributed by atoms with Crippen LogP contribution in [0.2, 0.25) is 5.02 Å². The fraction of sp³-hybridized carbons (Fsp3) is 0.442. The number of carbonyl (C=O) groups excluding carboxylic acids is 2. The number of likely N-dealkylation sites (tertiary alicyclic amines) is 1. The molecule has 7 rings (SSSR count). The normalized spacial score (nSPS) is 19.4. The molecule has 8 nitrogen and oxygen atoms in total. The van der Waals surface area contributed by atoms with Gasteiger partial charge in [-0.25, -0.2) is 9.10 Å². The number of carbonyl (C=O) groups is 2. The van der Waals surface area contributed by atoms with E-state index in [2.05, 4.69) is 75.2 Å². The number of amides is 2. The minimum absolute atomic E-state index is 0.0141. The summed E-state index contributed by atoms with van der Waals surface area (Å²) in [6.07, 6.45) is 6.10. The van der Waals surface area contributed by atoms with Gasteiger partial charge in [0, 0.05) is 55.2 Å². The summed E-state index contributed by atoms with van der Waals surface area (Å²) < 4.78 is 14.0. The first-order valence-corrected chi connectivity index (χ1v) is 20.2. The largest absolute Gasteiger partial charge is 0.490 e. The average Bonchev–Trinajstić information content (AvgIpc) is 3.65. The molecule has 2 saturated heterocycles. The molecule has 0 radical (unpaired) electrons. The van der Waals surface area contributed by atoms with Gasteiger partial charge in [0.1, 0.15) is 17.4 Å². The number of piperidine rings is 1. The Balaban J connectivity index is 1.03. The van der Waals surface area contributed by atoms with Crippen molar-refractivity contribution in [2.75, 3.05) is 32.7 Å². The molecule has 2 amide bonds. The summed E-state index contributed by atoms with van der Waals surface area (Å²) >= 11 is 7.78. The van der Waals surface area contributed by atoms with E-state index in [9.17, 15) is 9.59 Å². The second kappa shape index (κ2) is 16.7. The first-order chi connectivity index (χ1) is 25.5. The molecule has 2 aliphatic heterocycles. The maximum atomic E-state index is 14.4. The van der Waals surface area contributed by atoms with E-state index in [1.54, 1.807) is 11.9 Å². The lowest BCUT2D eigenvalue weighted by Gasteiger charge is -2.43. The van der Waals surface area contributed by atoms with E-state index in [1.807, 2.05) is 49.9 Å². The van der Waals surface area contributed by atoms with Gasteiger partial charge >= 0.3 is 6.09 Å². The lowest BCUT2D eigenvalue weighted by molar-refractivity contribution is -0.138. The molecule has 1 N–H and O–H groups in total. The van der Waals surface area contributed by atoms with Gasteiger partial charge in [0.2, 0.25) is 5.91 Å². The third kappa shape index (κ3) is 10.1. The Labute approximate surface area is 323 Å². The van der Waals surface area contributed by atoms with Gasteiger partial charge in [-0.2, -0.15) is 0 Å². The maximum absolute atomic E-state index is 14.4. The number of halogens is 1. The van der Waals surface area contributed by atoms with Gasteiger partial charge in [0.25, 0.3) is 0 Å². The number of ether oxygens (including phenoxy) is 2. The second-order valence-electron chi connectivity index (χ2n) is 15.6. The number of hydrogen-bond donors (Lipinski definition) is 1. The number of nitrogens with zero attached hydrogens (tertiary/aromatic N) is 3. The van der Waals surface area contributed by atoms with Crippen LogP contribution in [0, 0.1) is 0 Å². The Kier molecular flexibility index (Phi) is 11.8. The Morgan fingerprint density at radius 2 is 1.47 bits per heavy atom. The average molecular weight is 755 g/mol. The topological polar surface area (TPSA) is 74.4 Å². The zero-order valence-corrected chi connectivity index (χ0v) is 32.6. The second-order valence-corrected chi connectivity index (χ2v) is 17.2. The smallest absolute Gasteiger partial charge is 0.407 e. The van der Waals surface area contributed by atoms with Crippen LogP contribution in [0.15, 0.2) is 89.8 Å². The van der Waals surface area contributed by atoms with E-state index in [-0.39, 0.29) is 18.0 Å². The SMILES string of the molecule is CC(C)(C)OC(=O)NC1CCN(C(=O)C2CN(Cc3ccc(-c4ccc(Cl)cc4)cc3)CCN2Sc2ccc3cc(OC4CCCC4)ccc3c2)CC1. The number of alkyl carbamates (subject to hydrolysis) is 1. The number of piperazine rings is 1. The van der Waals surface area contributed by atoms with Crippen molar-refractivity contribution < 1.29 is 19.1 Å². The first kappa shape index (κ1) is 37.6. The lowest BCUT2D eigenvalue weighted by atomic mass is 10.0. The van der Waals surface area contributed by atoms with E-state index in [1.165, 1.54) is 18.4 Å². The van der Waals surface area contributed by atoms with Crippen molar-refractivity contribution in [1.29, 1.82) is 0 Å². The van der Waals surface area contributed by atoms with Crippen molar-refractivity contribution in [2.45, 2.75) is 94.5 Å². The monoisotopic (exact) mass is 754 g/mol. The third-order valence-corrected chi connectivity index (χ3v) is 11.8. The summed E-state index contributed by atoms with van der Waals surface area (Å²) in [4.78, 5) is 32.3. The third-order valence-electron chi connectivity index (χ3n) is 10.4. The molecule has 1 aliphatic carbocycles. The van der Waals surface area contributed by atoms with Gasteiger partial charge in [-0.15, -0.1) is 0 Å². The van der Waals surface area contributed by atoms with E-state index >= 15 is 0 Å². The van der Waals surface area contributed by atoms with Crippen LogP contribution in [0.5, 0.6) is 5.75 Å². The molecule has 10 heteroatoms. The summed E-state index contributed by atoms with van der Waals surface area (Å²) in [6, 6.07) is 29.2. The first-order valence-electron chi connectivity index (χ1n) is 19.1. The van der Waals surface area contributed by atoms with Crippen molar-refractivity contribution in [2.24, 2.45) is 0 Å². The predicted octanol–water partition coefficient (Wildman–Crippen LogP) is 9.19. The summed E-state index contributed by atoms with van der Waals surface area (Å²) in [7, 11) is 0. The molecule has 0 aromatic heterocycles. The Morgan fingerprint density at radius 1 is 0.811 bits per heavy atom. The highest BCUT2D eigenvalue weighted by Crippen LogP contribution is 2.33. The van der Waals surface area contributed by atoms with Gasteiger partial charge in [0.05, 0.1) is 6.10 Å². The van der Waals surface area contributed by atoms with E-state index in [0.717, 1.165) is 70.0 Å². The molecule has 3 fully saturated rings. The molecule has 0 bridgehead atoms. The minimum Gasteiger partial charge on any atom is -0.490 e. The Hall–Kier alpha value is -3.76. The molecule has 1 saturated carbocycles. The zero-order chi connectivity index (χ0) is 37.0. The van der Waals surface area contributed by atoms with Crippen LogP contribution < -0.4 is 10.1 Å². The molecule has 4 aromatic rings. The van der Waals surface area contributed by atoms with Crippen molar-refractivity contribution in [1.82, 2.24) is 19.4 Å². The number of benzene rings is 4. The van der Waals surface area contributed by atoms with E-state index < -0.39 is 11.7 Å². The van der Waals surface area contributed by atoms with Crippen LogP contribution in [0.1, 0.15) is 64.9 Å². The van der Waals surface area contributed by atoms with E-state index in [0.29, 0.717) is 38.6 Å². The van der Waals surface area contributed by atoms with Crippen LogP contribution >= 0.6 is 23.5 Å². The molecular formula is C43H51ClN4O4S. The van der Waals surface area contributed by atoms with Crippen LogP contribution in [0.4, 0.5) is 4.79 Å². The fourth-order valence-corrected chi connectivity index (χ4v) is 8.74. The van der Waals surface area contributed by atoms with Crippen molar-refractivity contribution in [3.63, 3.8) is 0 Å². The van der Waals surface area contributed by atoms with Gasteiger partial charge < -0.3 is 19.7 Å². The van der Waals surface area contributed by atoms with Crippen LogP contribution in [-0.4, -0.2) is 82.6 Å². The van der Waals surface area contributed by atoms with Crippen molar-refractivity contribution in [3.8, 4) is 16.9 Å². The molecule has 0 spiro atoms. The van der Waals surface area contributed by atoms with Crippen LogP contribution in [-0.2, 0) is 16.1 Å². The number of nitrogens with one attached hydrogen (secondary N) is 1. The quantitative estimate of drug-likeness (QED) is 0.171. The number of rotatable bonds is 9. The highest BCUT2D eigenvalue weighted by Gasteiger charge is 2.37. The highest BCUT2D eigenvalue weighted by molar-refractivity contribution is 7.97. The predicted molar refractivity (Wildman–Crippen MR) is 214 cm³/mol. The molecule has 1 unspecified atom stereocenters. The zero-order valence-electron chi connectivity index (χ0n) is 31.1. The highest BCUT2D eigenvalue weighted by atomic mass is 35.5. The molecule has 2 heterocycles. The number of hydrogen-bond acceptors (Lipinski definition) is 7. The Morgan fingerprint density at radius 3 is 2.17 bits per heavy atom. The molecule has 3 aliphatic rings. The molecule has 280 valence electrons.